The highest BCUT2D eigenvalue weighted by Gasteiger charge is 2.08. The molecule has 0 unspecified atom stereocenters. The third-order valence-corrected chi connectivity index (χ3v) is 5.81. The second-order valence-corrected chi connectivity index (χ2v) is 8.58. The van der Waals surface area contributed by atoms with Gasteiger partial charge in [-0.15, -0.1) is 11.8 Å². The van der Waals surface area contributed by atoms with Gasteiger partial charge in [-0.25, -0.2) is 0 Å². The highest BCUT2D eigenvalue weighted by Crippen LogP contribution is 2.17. The van der Waals surface area contributed by atoms with E-state index in [1.807, 2.05) is 49.4 Å². The lowest BCUT2D eigenvalue weighted by molar-refractivity contribution is -0.120. The first-order chi connectivity index (χ1) is 16.0. The predicted molar refractivity (Wildman–Crippen MR) is 133 cm³/mol. The van der Waals surface area contributed by atoms with Crippen LogP contribution in [-0.4, -0.2) is 36.6 Å². The van der Waals surface area contributed by atoms with E-state index in [9.17, 15) is 14.4 Å². The number of hydrogen-bond donors (Lipinski definition) is 3. The van der Waals surface area contributed by atoms with Crippen molar-refractivity contribution in [2.24, 2.45) is 0 Å². The minimum atomic E-state index is -0.236. The molecule has 33 heavy (non-hydrogen) atoms. The fraction of sp³-hybridized carbons (Fsp3) is 0.192. The number of amides is 3. The third-order valence-electron chi connectivity index (χ3n) is 4.79. The lowest BCUT2D eigenvalue weighted by atomic mass is 10.1. The molecule has 0 aromatic heterocycles. The molecule has 0 aliphatic carbocycles. The summed E-state index contributed by atoms with van der Waals surface area (Å²) in [7, 11) is 0. The molecule has 0 spiro atoms. The first-order valence-electron chi connectivity index (χ1n) is 10.7. The van der Waals surface area contributed by atoms with Crippen molar-refractivity contribution in [2.75, 3.05) is 24.2 Å². The van der Waals surface area contributed by atoms with Crippen LogP contribution in [0.3, 0.4) is 0 Å². The Morgan fingerprint density at radius 1 is 0.727 bits per heavy atom. The SMILES string of the molecule is Cc1ccc(C(=O)Nc2ccc(C(=O)NCCNC(=O)CCSc3ccccc3)cc2)cc1. The molecule has 0 heterocycles. The summed E-state index contributed by atoms with van der Waals surface area (Å²) in [6.45, 7) is 2.67. The van der Waals surface area contributed by atoms with Gasteiger partial charge in [-0.05, 0) is 55.5 Å². The summed E-state index contributed by atoms with van der Waals surface area (Å²) in [5.74, 6) is 0.224. The largest absolute Gasteiger partial charge is 0.354 e. The number of aryl methyl sites for hydroxylation is 1. The number of rotatable bonds is 10. The predicted octanol–water partition coefficient (Wildman–Crippen LogP) is 4.28. The van der Waals surface area contributed by atoms with Crippen molar-refractivity contribution < 1.29 is 14.4 Å². The van der Waals surface area contributed by atoms with Crippen molar-refractivity contribution in [1.82, 2.24) is 10.6 Å². The van der Waals surface area contributed by atoms with Crippen LogP contribution in [0.1, 0.15) is 32.7 Å². The van der Waals surface area contributed by atoms with Gasteiger partial charge in [0.15, 0.2) is 0 Å². The molecule has 0 saturated carbocycles. The highest BCUT2D eigenvalue weighted by molar-refractivity contribution is 7.99. The molecule has 3 amide bonds. The average Bonchev–Trinajstić information content (AvgIpc) is 2.83. The molecular formula is C26H27N3O3S. The summed E-state index contributed by atoms with van der Waals surface area (Å²) in [5.41, 5.74) is 2.75. The zero-order valence-corrected chi connectivity index (χ0v) is 19.3. The van der Waals surface area contributed by atoms with E-state index in [2.05, 4.69) is 16.0 Å². The Balaban J connectivity index is 1.34. The van der Waals surface area contributed by atoms with Gasteiger partial charge in [0, 0.05) is 47.0 Å². The topological polar surface area (TPSA) is 87.3 Å². The van der Waals surface area contributed by atoms with Crippen LogP contribution in [0.15, 0.2) is 83.8 Å². The fourth-order valence-electron chi connectivity index (χ4n) is 2.96. The van der Waals surface area contributed by atoms with E-state index in [-0.39, 0.29) is 17.7 Å². The molecule has 3 rings (SSSR count). The van der Waals surface area contributed by atoms with Gasteiger partial charge in [-0.1, -0.05) is 35.9 Å². The van der Waals surface area contributed by atoms with Crippen LogP contribution in [-0.2, 0) is 4.79 Å². The van der Waals surface area contributed by atoms with Crippen LogP contribution in [0.25, 0.3) is 0 Å². The Kier molecular flexibility index (Phi) is 9.08. The minimum Gasteiger partial charge on any atom is -0.354 e. The summed E-state index contributed by atoms with van der Waals surface area (Å²) in [4.78, 5) is 37.6. The number of thioether (sulfide) groups is 1. The number of carbonyl (C=O) groups is 3. The van der Waals surface area contributed by atoms with E-state index in [1.54, 1.807) is 48.2 Å². The quantitative estimate of drug-likeness (QED) is 0.311. The summed E-state index contributed by atoms with van der Waals surface area (Å²) in [5, 5.41) is 8.41. The van der Waals surface area contributed by atoms with E-state index in [1.165, 1.54) is 0 Å². The van der Waals surface area contributed by atoms with Gasteiger partial charge in [0.1, 0.15) is 0 Å². The summed E-state index contributed by atoms with van der Waals surface area (Å²) < 4.78 is 0. The summed E-state index contributed by atoms with van der Waals surface area (Å²) >= 11 is 1.64. The van der Waals surface area contributed by atoms with E-state index in [0.717, 1.165) is 10.5 Å². The molecule has 0 aliphatic rings. The Hall–Kier alpha value is -3.58. The lowest BCUT2D eigenvalue weighted by Gasteiger charge is -2.09. The number of carbonyl (C=O) groups excluding carboxylic acids is 3. The molecule has 3 aromatic carbocycles. The van der Waals surface area contributed by atoms with Gasteiger partial charge in [0.05, 0.1) is 0 Å². The molecule has 0 aliphatic heterocycles. The van der Waals surface area contributed by atoms with E-state index >= 15 is 0 Å². The Morgan fingerprint density at radius 3 is 2.03 bits per heavy atom. The van der Waals surface area contributed by atoms with Crippen LogP contribution in [0.5, 0.6) is 0 Å². The molecule has 3 aromatic rings. The van der Waals surface area contributed by atoms with Crippen molar-refractivity contribution >= 4 is 35.2 Å². The average molecular weight is 462 g/mol. The van der Waals surface area contributed by atoms with Crippen LogP contribution in [0, 0.1) is 6.92 Å². The number of benzene rings is 3. The minimum absolute atomic E-state index is 0.0404. The first kappa shape index (κ1) is 24.1. The van der Waals surface area contributed by atoms with E-state index < -0.39 is 0 Å². The number of nitrogens with one attached hydrogen (secondary N) is 3. The standard InChI is InChI=1S/C26H27N3O3S/c1-19-7-9-21(10-8-19)26(32)29-22-13-11-20(12-14-22)25(31)28-17-16-27-24(30)15-18-33-23-5-3-2-4-6-23/h2-14H,15-18H2,1H3,(H,27,30)(H,28,31)(H,29,32). The van der Waals surface area contributed by atoms with Crippen molar-refractivity contribution in [1.29, 1.82) is 0 Å². The molecule has 0 saturated heterocycles. The van der Waals surface area contributed by atoms with Crippen molar-refractivity contribution in [3.63, 3.8) is 0 Å². The second-order valence-electron chi connectivity index (χ2n) is 7.41. The first-order valence-corrected chi connectivity index (χ1v) is 11.7. The summed E-state index contributed by atoms with van der Waals surface area (Å²) in [6, 6.07) is 23.9. The Labute approximate surface area is 198 Å². The molecule has 0 radical (unpaired) electrons. The third kappa shape index (κ3) is 8.12. The highest BCUT2D eigenvalue weighted by atomic mass is 32.2. The van der Waals surface area contributed by atoms with Gasteiger partial charge in [-0.2, -0.15) is 0 Å². The van der Waals surface area contributed by atoms with Gasteiger partial charge in [0.25, 0.3) is 11.8 Å². The maximum absolute atomic E-state index is 12.3. The van der Waals surface area contributed by atoms with Crippen molar-refractivity contribution in [3.8, 4) is 0 Å². The maximum Gasteiger partial charge on any atom is 0.255 e. The van der Waals surface area contributed by atoms with Crippen LogP contribution >= 0.6 is 11.8 Å². The molecule has 170 valence electrons. The molecule has 0 fully saturated rings. The monoisotopic (exact) mass is 461 g/mol. The van der Waals surface area contributed by atoms with Crippen LogP contribution in [0.2, 0.25) is 0 Å². The van der Waals surface area contributed by atoms with Gasteiger partial charge < -0.3 is 16.0 Å². The van der Waals surface area contributed by atoms with E-state index in [4.69, 9.17) is 0 Å². The maximum atomic E-state index is 12.3. The molecule has 0 bridgehead atoms. The Bertz CT molecular complexity index is 1070. The second kappa shape index (κ2) is 12.5. The number of hydrogen-bond acceptors (Lipinski definition) is 4. The molecule has 7 heteroatoms. The Morgan fingerprint density at radius 2 is 1.33 bits per heavy atom. The van der Waals surface area contributed by atoms with Gasteiger partial charge >= 0.3 is 0 Å². The molecule has 3 N–H and O–H groups in total. The molecule has 0 atom stereocenters. The summed E-state index contributed by atoms with van der Waals surface area (Å²) in [6.07, 6.45) is 0.420. The number of anilines is 1. The zero-order valence-electron chi connectivity index (χ0n) is 18.5. The zero-order chi connectivity index (χ0) is 23.5. The molecular weight excluding hydrogens is 434 g/mol. The van der Waals surface area contributed by atoms with Crippen molar-refractivity contribution in [3.05, 3.63) is 95.6 Å². The van der Waals surface area contributed by atoms with Gasteiger partial charge in [-0.3, -0.25) is 14.4 Å². The molecule has 6 nitrogen and oxygen atoms in total. The van der Waals surface area contributed by atoms with Crippen LogP contribution < -0.4 is 16.0 Å². The van der Waals surface area contributed by atoms with Gasteiger partial charge in [0.2, 0.25) is 5.91 Å². The lowest BCUT2D eigenvalue weighted by Crippen LogP contribution is -2.34. The fourth-order valence-corrected chi connectivity index (χ4v) is 3.83. The smallest absolute Gasteiger partial charge is 0.255 e. The van der Waals surface area contributed by atoms with Crippen LogP contribution in [0.4, 0.5) is 5.69 Å². The van der Waals surface area contributed by atoms with E-state index in [0.29, 0.717) is 42.1 Å². The van der Waals surface area contributed by atoms with Crippen molar-refractivity contribution in [2.45, 2.75) is 18.2 Å². The normalized spacial score (nSPS) is 10.3.